The van der Waals surface area contributed by atoms with Crippen molar-refractivity contribution in [3.63, 3.8) is 0 Å². The van der Waals surface area contributed by atoms with Crippen molar-refractivity contribution in [3.8, 4) is 0 Å². The van der Waals surface area contributed by atoms with Crippen molar-refractivity contribution in [1.82, 2.24) is 0 Å². The van der Waals surface area contributed by atoms with Gasteiger partial charge >= 0.3 is 0 Å². The van der Waals surface area contributed by atoms with Crippen LogP contribution in [0, 0.1) is 5.92 Å². The standard InChI is InChI=1S/C20H21N3O3/c1-2-13-4-3-5-17(10-13)23-12-15(11-18(23)24)20(26)22-16-8-6-14(7-9-16)19(21)25/h3-10,15H,2,11-12H2,1H3,(H2,21,25)(H,22,26)/t15-/m1/s1. The Kier molecular flexibility index (Phi) is 5.02. The number of primary amides is 1. The molecule has 1 heterocycles. The Hall–Kier alpha value is -3.15. The van der Waals surface area contributed by atoms with E-state index in [1.165, 1.54) is 0 Å². The lowest BCUT2D eigenvalue weighted by Crippen LogP contribution is -2.28. The van der Waals surface area contributed by atoms with Gasteiger partial charge in [-0.25, -0.2) is 0 Å². The summed E-state index contributed by atoms with van der Waals surface area (Å²) < 4.78 is 0. The van der Waals surface area contributed by atoms with Crippen LogP contribution in [-0.2, 0) is 16.0 Å². The highest BCUT2D eigenvalue weighted by atomic mass is 16.2. The second kappa shape index (κ2) is 7.39. The van der Waals surface area contributed by atoms with E-state index in [1.54, 1.807) is 29.2 Å². The van der Waals surface area contributed by atoms with Crippen LogP contribution in [0.1, 0.15) is 29.3 Å². The van der Waals surface area contributed by atoms with Crippen molar-refractivity contribution in [1.29, 1.82) is 0 Å². The minimum Gasteiger partial charge on any atom is -0.366 e. The molecule has 0 aromatic heterocycles. The largest absolute Gasteiger partial charge is 0.366 e. The highest BCUT2D eigenvalue weighted by molar-refractivity contribution is 6.03. The Labute approximate surface area is 152 Å². The Balaban J connectivity index is 1.67. The maximum absolute atomic E-state index is 12.5. The van der Waals surface area contributed by atoms with E-state index in [9.17, 15) is 14.4 Å². The first kappa shape index (κ1) is 17.7. The van der Waals surface area contributed by atoms with E-state index in [0.717, 1.165) is 17.7 Å². The number of hydrogen-bond donors (Lipinski definition) is 2. The van der Waals surface area contributed by atoms with E-state index >= 15 is 0 Å². The molecular formula is C20H21N3O3. The molecule has 1 saturated heterocycles. The van der Waals surface area contributed by atoms with Gasteiger partial charge in [0.15, 0.2) is 0 Å². The highest BCUT2D eigenvalue weighted by Crippen LogP contribution is 2.27. The van der Waals surface area contributed by atoms with Crippen LogP contribution >= 0.6 is 0 Å². The van der Waals surface area contributed by atoms with Crippen molar-refractivity contribution in [2.75, 3.05) is 16.8 Å². The molecule has 6 nitrogen and oxygen atoms in total. The Bertz CT molecular complexity index is 846. The Morgan fingerprint density at radius 3 is 2.58 bits per heavy atom. The van der Waals surface area contributed by atoms with Gasteiger partial charge in [-0.05, 0) is 48.4 Å². The molecule has 1 fully saturated rings. The number of hydrogen-bond acceptors (Lipinski definition) is 3. The van der Waals surface area contributed by atoms with Crippen LogP contribution in [0.25, 0.3) is 0 Å². The van der Waals surface area contributed by atoms with Crippen LogP contribution in [0.5, 0.6) is 0 Å². The fourth-order valence-corrected chi connectivity index (χ4v) is 3.04. The molecule has 3 amide bonds. The molecule has 1 aliphatic rings. The van der Waals surface area contributed by atoms with Crippen LogP contribution in [0.2, 0.25) is 0 Å². The van der Waals surface area contributed by atoms with Gasteiger partial charge in [0.25, 0.3) is 0 Å². The molecule has 2 aromatic carbocycles. The zero-order chi connectivity index (χ0) is 18.7. The van der Waals surface area contributed by atoms with Crippen LogP contribution in [0.4, 0.5) is 11.4 Å². The SMILES string of the molecule is CCc1cccc(N2C[C@H](C(=O)Nc3ccc(C(N)=O)cc3)CC2=O)c1. The third-order valence-electron chi connectivity index (χ3n) is 4.56. The predicted molar refractivity (Wildman–Crippen MR) is 99.9 cm³/mol. The Morgan fingerprint density at radius 2 is 1.92 bits per heavy atom. The van der Waals surface area contributed by atoms with E-state index in [0.29, 0.717) is 17.8 Å². The predicted octanol–water partition coefficient (Wildman–Crippen LogP) is 2.34. The van der Waals surface area contributed by atoms with Gasteiger partial charge in [-0.3, -0.25) is 14.4 Å². The molecule has 0 radical (unpaired) electrons. The third kappa shape index (κ3) is 3.74. The number of nitrogens with two attached hydrogens (primary N) is 1. The lowest BCUT2D eigenvalue weighted by molar-refractivity contribution is -0.122. The summed E-state index contributed by atoms with van der Waals surface area (Å²) in [5, 5.41) is 2.80. The number of rotatable bonds is 5. The zero-order valence-corrected chi connectivity index (χ0v) is 14.6. The summed E-state index contributed by atoms with van der Waals surface area (Å²) >= 11 is 0. The molecule has 3 rings (SSSR count). The summed E-state index contributed by atoms with van der Waals surface area (Å²) in [6.45, 7) is 2.42. The molecule has 1 atom stereocenters. The smallest absolute Gasteiger partial charge is 0.248 e. The number of amides is 3. The van der Waals surface area contributed by atoms with Gasteiger partial charge in [-0.1, -0.05) is 19.1 Å². The van der Waals surface area contributed by atoms with Crippen molar-refractivity contribution in [2.45, 2.75) is 19.8 Å². The first-order chi connectivity index (χ1) is 12.5. The maximum Gasteiger partial charge on any atom is 0.248 e. The van der Waals surface area contributed by atoms with Gasteiger partial charge in [0.1, 0.15) is 0 Å². The number of nitrogens with zero attached hydrogens (tertiary/aromatic N) is 1. The molecule has 0 saturated carbocycles. The van der Waals surface area contributed by atoms with E-state index in [-0.39, 0.29) is 18.2 Å². The molecule has 6 heteroatoms. The number of aryl methyl sites for hydroxylation is 1. The first-order valence-corrected chi connectivity index (χ1v) is 8.58. The molecule has 0 aliphatic carbocycles. The monoisotopic (exact) mass is 351 g/mol. The van der Waals surface area contributed by atoms with E-state index in [4.69, 9.17) is 5.73 Å². The van der Waals surface area contributed by atoms with E-state index < -0.39 is 11.8 Å². The fraction of sp³-hybridized carbons (Fsp3) is 0.250. The summed E-state index contributed by atoms with van der Waals surface area (Å²) in [6.07, 6.45) is 1.07. The van der Waals surface area contributed by atoms with Gasteiger partial charge < -0.3 is 16.0 Å². The zero-order valence-electron chi connectivity index (χ0n) is 14.6. The van der Waals surface area contributed by atoms with Gasteiger partial charge in [0, 0.05) is 29.9 Å². The molecule has 1 aliphatic heterocycles. The number of anilines is 2. The number of nitrogens with one attached hydrogen (secondary N) is 1. The molecule has 0 bridgehead atoms. The molecule has 0 spiro atoms. The lowest BCUT2D eigenvalue weighted by Gasteiger charge is -2.17. The van der Waals surface area contributed by atoms with Gasteiger partial charge in [-0.15, -0.1) is 0 Å². The number of benzene rings is 2. The first-order valence-electron chi connectivity index (χ1n) is 8.58. The third-order valence-corrected chi connectivity index (χ3v) is 4.56. The molecular weight excluding hydrogens is 330 g/mol. The highest BCUT2D eigenvalue weighted by Gasteiger charge is 2.35. The van der Waals surface area contributed by atoms with Crippen LogP contribution < -0.4 is 16.0 Å². The van der Waals surface area contributed by atoms with E-state index in [1.807, 2.05) is 24.3 Å². The summed E-state index contributed by atoms with van der Waals surface area (Å²) in [7, 11) is 0. The van der Waals surface area contributed by atoms with Gasteiger partial charge in [0.2, 0.25) is 17.7 Å². The minimum atomic E-state index is -0.519. The van der Waals surface area contributed by atoms with Crippen LogP contribution in [-0.4, -0.2) is 24.3 Å². The lowest BCUT2D eigenvalue weighted by atomic mass is 10.1. The topological polar surface area (TPSA) is 92.5 Å². The average Bonchev–Trinajstić information content (AvgIpc) is 3.04. The summed E-state index contributed by atoms with van der Waals surface area (Å²) in [6, 6.07) is 14.2. The summed E-state index contributed by atoms with van der Waals surface area (Å²) in [5.74, 6) is -1.19. The van der Waals surface area contributed by atoms with E-state index in [2.05, 4.69) is 12.2 Å². The van der Waals surface area contributed by atoms with Crippen LogP contribution in [0.15, 0.2) is 48.5 Å². The molecule has 134 valence electrons. The number of carbonyl (C=O) groups is 3. The van der Waals surface area contributed by atoms with Gasteiger partial charge in [0.05, 0.1) is 5.92 Å². The fourth-order valence-electron chi connectivity index (χ4n) is 3.04. The molecule has 0 unspecified atom stereocenters. The van der Waals surface area contributed by atoms with Crippen molar-refractivity contribution >= 4 is 29.1 Å². The minimum absolute atomic E-state index is 0.0533. The molecule has 26 heavy (non-hydrogen) atoms. The Morgan fingerprint density at radius 1 is 1.19 bits per heavy atom. The van der Waals surface area contributed by atoms with Gasteiger partial charge in [-0.2, -0.15) is 0 Å². The second-order valence-electron chi connectivity index (χ2n) is 6.36. The summed E-state index contributed by atoms with van der Waals surface area (Å²) in [4.78, 5) is 37.6. The normalized spacial score (nSPS) is 16.6. The van der Waals surface area contributed by atoms with Crippen LogP contribution in [0.3, 0.4) is 0 Å². The average molecular weight is 351 g/mol. The maximum atomic E-state index is 12.5. The number of carbonyl (C=O) groups excluding carboxylic acids is 3. The van der Waals surface area contributed by atoms with Crippen molar-refractivity contribution in [2.24, 2.45) is 11.7 Å². The van der Waals surface area contributed by atoms with Crippen molar-refractivity contribution < 1.29 is 14.4 Å². The summed E-state index contributed by atoms with van der Waals surface area (Å²) in [5.41, 5.74) is 8.13. The molecule has 3 N–H and O–H groups in total. The van der Waals surface area contributed by atoms with Crippen molar-refractivity contribution in [3.05, 3.63) is 59.7 Å². The quantitative estimate of drug-likeness (QED) is 0.866. The second-order valence-corrected chi connectivity index (χ2v) is 6.36. The molecule has 2 aromatic rings.